The third-order valence-corrected chi connectivity index (χ3v) is 4.97. The van der Waals surface area contributed by atoms with Crippen LogP contribution in [0.5, 0.6) is 0 Å². The van der Waals surface area contributed by atoms with E-state index in [4.69, 9.17) is 4.74 Å². The second kappa shape index (κ2) is 8.36. The van der Waals surface area contributed by atoms with Crippen molar-refractivity contribution in [1.29, 1.82) is 0 Å². The molecule has 0 radical (unpaired) electrons. The minimum atomic E-state index is 0.105. The number of methoxy groups -OCH3 is 1. The van der Waals surface area contributed by atoms with Crippen LogP contribution in [0.1, 0.15) is 34.9 Å². The lowest BCUT2D eigenvalue weighted by Crippen LogP contribution is -2.39. The quantitative estimate of drug-likeness (QED) is 0.798. The zero-order valence-corrected chi connectivity index (χ0v) is 15.9. The van der Waals surface area contributed by atoms with E-state index in [2.05, 4.69) is 9.55 Å². The maximum atomic E-state index is 13.0. The van der Waals surface area contributed by atoms with Crippen molar-refractivity contribution in [1.82, 2.24) is 14.5 Å². The molecule has 6 heteroatoms. The molecule has 0 saturated carbocycles. The van der Waals surface area contributed by atoms with Crippen molar-refractivity contribution in [3.63, 3.8) is 0 Å². The number of aromatic nitrogens is 2. The van der Waals surface area contributed by atoms with Crippen LogP contribution in [0.15, 0.2) is 36.7 Å². The average molecular weight is 356 g/mol. The van der Waals surface area contributed by atoms with E-state index in [9.17, 15) is 4.79 Å². The van der Waals surface area contributed by atoms with E-state index in [-0.39, 0.29) is 11.8 Å². The largest absolute Gasteiger partial charge is 0.383 e. The molecule has 0 spiro atoms. The first kappa shape index (κ1) is 18.5. The minimum Gasteiger partial charge on any atom is -0.383 e. The molecular formula is C20H28N4O2. The first-order chi connectivity index (χ1) is 12.6. The fourth-order valence-electron chi connectivity index (χ4n) is 3.53. The highest BCUT2D eigenvalue weighted by Crippen LogP contribution is 2.27. The van der Waals surface area contributed by atoms with Gasteiger partial charge in [-0.05, 0) is 31.0 Å². The third-order valence-electron chi connectivity index (χ3n) is 4.97. The van der Waals surface area contributed by atoms with Crippen molar-refractivity contribution >= 4 is 11.6 Å². The fourth-order valence-corrected chi connectivity index (χ4v) is 3.53. The van der Waals surface area contributed by atoms with Gasteiger partial charge in [-0.3, -0.25) is 4.79 Å². The molecule has 0 unspecified atom stereocenters. The highest BCUT2D eigenvalue weighted by molar-refractivity contribution is 5.95. The Morgan fingerprint density at radius 3 is 3.00 bits per heavy atom. The summed E-state index contributed by atoms with van der Waals surface area (Å²) in [7, 11) is 5.68. The van der Waals surface area contributed by atoms with Gasteiger partial charge in [0.1, 0.15) is 5.82 Å². The average Bonchev–Trinajstić information content (AvgIpc) is 3.14. The predicted molar refractivity (Wildman–Crippen MR) is 103 cm³/mol. The van der Waals surface area contributed by atoms with E-state index >= 15 is 0 Å². The first-order valence-electron chi connectivity index (χ1n) is 9.16. The van der Waals surface area contributed by atoms with Crippen LogP contribution in [0.25, 0.3) is 0 Å². The number of benzene rings is 1. The number of anilines is 1. The Balaban J connectivity index is 1.73. The normalized spacial score (nSPS) is 17.3. The Morgan fingerprint density at radius 1 is 1.38 bits per heavy atom. The van der Waals surface area contributed by atoms with Crippen molar-refractivity contribution in [2.75, 3.05) is 45.8 Å². The zero-order chi connectivity index (χ0) is 18.5. The SMILES string of the molecule is COCCn1ccnc1[C@@H]1CCCN(C(=O)c2cccc(N(C)C)c2)C1. The number of imidazole rings is 1. The molecule has 140 valence electrons. The van der Waals surface area contributed by atoms with Gasteiger partial charge >= 0.3 is 0 Å². The molecule has 1 aromatic carbocycles. The summed E-state index contributed by atoms with van der Waals surface area (Å²) in [5.74, 6) is 1.44. The third kappa shape index (κ3) is 4.07. The summed E-state index contributed by atoms with van der Waals surface area (Å²) in [4.78, 5) is 21.6. The zero-order valence-electron chi connectivity index (χ0n) is 15.9. The fraction of sp³-hybridized carbons (Fsp3) is 0.500. The van der Waals surface area contributed by atoms with Crippen LogP contribution in [0, 0.1) is 0 Å². The van der Waals surface area contributed by atoms with E-state index in [1.165, 1.54) is 0 Å². The second-order valence-electron chi connectivity index (χ2n) is 7.01. The molecule has 2 aromatic rings. The summed E-state index contributed by atoms with van der Waals surface area (Å²) in [5, 5.41) is 0. The molecule has 1 aliphatic heterocycles. The molecule has 0 N–H and O–H groups in total. The molecule has 1 atom stereocenters. The molecule has 1 saturated heterocycles. The number of piperidine rings is 1. The Bertz CT molecular complexity index is 741. The number of likely N-dealkylation sites (tertiary alicyclic amines) is 1. The molecule has 1 amide bonds. The van der Waals surface area contributed by atoms with Gasteiger partial charge in [0.05, 0.1) is 6.61 Å². The summed E-state index contributed by atoms with van der Waals surface area (Å²) in [6.45, 7) is 2.98. The highest BCUT2D eigenvalue weighted by Gasteiger charge is 2.28. The van der Waals surface area contributed by atoms with Gasteiger partial charge in [-0.1, -0.05) is 6.07 Å². The van der Waals surface area contributed by atoms with Crippen LogP contribution < -0.4 is 4.90 Å². The molecule has 3 rings (SSSR count). The summed E-state index contributed by atoms with van der Waals surface area (Å²) < 4.78 is 7.34. The molecule has 26 heavy (non-hydrogen) atoms. The monoisotopic (exact) mass is 356 g/mol. The van der Waals surface area contributed by atoms with Crippen molar-refractivity contribution in [2.24, 2.45) is 0 Å². The van der Waals surface area contributed by atoms with E-state index in [0.29, 0.717) is 6.61 Å². The van der Waals surface area contributed by atoms with Crippen molar-refractivity contribution < 1.29 is 9.53 Å². The van der Waals surface area contributed by atoms with Gasteiger partial charge in [0.2, 0.25) is 0 Å². The summed E-state index contributed by atoms with van der Waals surface area (Å²) in [5.41, 5.74) is 1.79. The minimum absolute atomic E-state index is 0.105. The maximum Gasteiger partial charge on any atom is 0.253 e. The van der Waals surface area contributed by atoms with Crippen LogP contribution in [-0.2, 0) is 11.3 Å². The highest BCUT2D eigenvalue weighted by atomic mass is 16.5. The van der Waals surface area contributed by atoms with Crippen molar-refractivity contribution in [2.45, 2.75) is 25.3 Å². The van der Waals surface area contributed by atoms with E-state index < -0.39 is 0 Å². The smallest absolute Gasteiger partial charge is 0.253 e. The summed E-state index contributed by atoms with van der Waals surface area (Å²) in [6, 6.07) is 7.83. The summed E-state index contributed by atoms with van der Waals surface area (Å²) in [6.07, 6.45) is 5.90. The first-order valence-corrected chi connectivity index (χ1v) is 9.16. The van der Waals surface area contributed by atoms with Crippen LogP contribution in [-0.4, -0.2) is 61.3 Å². The Kier molecular flexibility index (Phi) is 5.93. The number of hydrogen-bond donors (Lipinski definition) is 0. The molecule has 0 bridgehead atoms. The van der Waals surface area contributed by atoms with E-state index in [0.717, 1.165) is 49.6 Å². The number of carbonyl (C=O) groups excluding carboxylic acids is 1. The molecule has 6 nitrogen and oxygen atoms in total. The number of ether oxygens (including phenoxy) is 1. The van der Waals surface area contributed by atoms with E-state index in [1.807, 2.05) is 60.6 Å². The molecule has 2 heterocycles. The number of carbonyl (C=O) groups is 1. The van der Waals surface area contributed by atoms with Gasteiger partial charge in [0.25, 0.3) is 5.91 Å². The van der Waals surface area contributed by atoms with Gasteiger partial charge < -0.3 is 19.1 Å². The molecule has 0 aliphatic carbocycles. The Morgan fingerprint density at radius 2 is 2.23 bits per heavy atom. The molecule has 1 fully saturated rings. The van der Waals surface area contributed by atoms with Gasteiger partial charge in [-0.15, -0.1) is 0 Å². The molecular weight excluding hydrogens is 328 g/mol. The number of rotatable bonds is 6. The van der Waals surface area contributed by atoms with Crippen molar-refractivity contribution in [3.8, 4) is 0 Å². The van der Waals surface area contributed by atoms with Crippen LogP contribution in [0.4, 0.5) is 5.69 Å². The van der Waals surface area contributed by atoms with E-state index in [1.54, 1.807) is 7.11 Å². The second-order valence-corrected chi connectivity index (χ2v) is 7.01. The lowest BCUT2D eigenvalue weighted by atomic mass is 9.96. The number of hydrogen-bond acceptors (Lipinski definition) is 4. The Hall–Kier alpha value is -2.34. The van der Waals surface area contributed by atoms with Crippen LogP contribution in [0.3, 0.4) is 0 Å². The van der Waals surface area contributed by atoms with Gasteiger partial charge in [0, 0.05) is 70.4 Å². The standard InChI is InChI=1S/C20H28N4O2/c1-22(2)18-8-4-6-16(14-18)20(25)24-10-5-7-17(15-24)19-21-9-11-23(19)12-13-26-3/h4,6,8-9,11,14,17H,5,7,10,12-13,15H2,1-3H3/t17-/m1/s1. The number of amides is 1. The molecule has 1 aromatic heterocycles. The van der Waals surface area contributed by atoms with Crippen molar-refractivity contribution in [3.05, 3.63) is 48.0 Å². The van der Waals surface area contributed by atoms with Crippen LogP contribution >= 0.6 is 0 Å². The van der Waals surface area contributed by atoms with Gasteiger partial charge in [0.15, 0.2) is 0 Å². The lowest BCUT2D eigenvalue weighted by Gasteiger charge is -2.33. The molecule has 1 aliphatic rings. The lowest BCUT2D eigenvalue weighted by molar-refractivity contribution is 0.0702. The predicted octanol–water partition coefficient (Wildman–Crippen LogP) is 2.62. The van der Waals surface area contributed by atoms with Gasteiger partial charge in [-0.25, -0.2) is 4.98 Å². The number of nitrogens with zero attached hydrogens (tertiary/aromatic N) is 4. The van der Waals surface area contributed by atoms with Crippen LogP contribution in [0.2, 0.25) is 0 Å². The maximum absolute atomic E-state index is 13.0. The topological polar surface area (TPSA) is 50.6 Å². The summed E-state index contributed by atoms with van der Waals surface area (Å²) >= 11 is 0. The Labute approximate surface area is 155 Å². The van der Waals surface area contributed by atoms with Gasteiger partial charge in [-0.2, -0.15) is 0 Å².